The van der Waals surface area contributed by atoms with Crippen molar-refractivity contribution >= 4 is 29.8 Å². The molecule has 15 nitrogen and oxygen atoms in total. The fraction of sp³-hybridized carbons (Fsp3) is 0.857. The Bertz CT molecular complexity index is 1050. The van der Waals surface area contributed by atoms with Crippen LogP contribution >= 0.6 is 0 Å². The molecule has 0 aromatic rings. The summed E-state index contributed by atoms with van der Waals surface area (Å²) in [5.74, 6) is -6.94. The van der Waals surface area contributed by atoms with Gasteiger partial charge in [-0.05, 0) is 31.6 Å². The van der Waals surface area contributed by atoms with E-state index >= 15 is 0 Å². The van der Waals surface area contributed by atoms with Crippen LogP contribution < -0.4 is 0 Å². The topological polar surface area (TPSA) is 233 Å². The van der Waals surface area contributed by atoms with E-state index in [4.69, 9.17) is 28.8 Å². The minimum atomic E-state index is -1.98. The molecule has 0 spiro atoms. The zero-order valence-corrected chi connectivity index (χ0v) is 31.3. The smallest absolute Gasteiger partial charge is 0.348 e. The van der Waals surface area contributed by atoms with Crippen LogP contribution in [-0.4, -0.2) is 117 Å². The minimum Gasteiger partial charge on any atom is -0.460 e. The Hall–Kier alpha value is -2.85. The molecule has 0 aromatic carbocycles. The van der Waals surface area contributed by atoms with Crippen molar-refractivity contribution in [2.24, 2.45) is 29.6 Å². The second-order valence-corrected chi connectivity index (χ2v) is 13.6. The summed E-state index contributed by atoms with van der Waals surface area (Å²) in [6, 6.07) is 0. The monoisotopic (exact) mass is 722 g/mol. The average Bonchev–Trinajstić information content (AvgIpc) is 3.09. The Morgan fingerprint density at radius 3 is 1.14 bits per heavy atom. The number of carbonyl (C=O) groups excluding carboxylic acids is 5. The second kappa shape index (κ2) is 23.6. The van der Waals surface area contributed by atoms with Gasteiger partial charge in [0.05, 0.1) is 6.61 Å². The predicted molar refractivity (Wildman–Crippen MR) is 179 cm³/mol. The Kier molecular flexibility index (Phi) is 22.2. The van der Waals surface area contributed by atoms with Crippen molar-refractivity contribution in [3.63, 3.8) is 0 Å². The third kappa shape index (κ3) is 15.2. The van der Waals surface area contributed by atoms with Crippen molar-refractivity contribution in [1.82, 2.24) is 0 Å². The number of aliphatic hydroxyl groups excluding tert-OH is 5. The van der Waals surface area contributed by atoms with Gasteiger partial charge in [0.15, 0.2) is 0 Å². The highest BCUT2D eigenvalue weighted by molar-refractivity contribution is 5.86. The number of hydrogen-bond acceptors (Lipinski definition) is 15. The number of ether oxygens (including phenoxy) is 5. The SMILES string of the molecule is CCC(C)C(OC(=O)CC(C)C)C(=O)OC(C(=O)OC(C(=O)OC(C(=O)OCC(O)C(O)C(O)C(O)CO)C(C)CC)C(C)CC)C(C)CC. The first-order valence-corrected chi connectivity index (χ1v) is 17.6. The molecule has 15 heteroatoms. The van der Waals surface area contributed by atoms with E-state index in [9.17, 15) is 44.4 Å². The number of hydrogen-bond donors (Lipinski definition) is 5. The lowest BCUT2D eigenvalue weighted by molar-refractivity contribution is -0.195. The van der Waals surface area contributed by atoms with E-state index in [1.807, 2.05) is 20.8 Å². The molecule has 0 radical (unpaired) electrons. The molecule has 0 bridgehead atoms. The van der Waals surface area contributed by atoms with E-state index in [0.717, 1.165) is 0 Å². The molecular formula is C35H62O15. The van der Waals surface area contributed by atoms with Crippen LogP contribution in [0.4, 0.5) is 0 Å². The highest BCUT2D eigenvalue weighted by Gasteiger charge is 2.41. The van der Waals surface area contributed by atoms with Crippen LogP contribution in [-0.2, 0) is 47.7 Å². The van der Waals surface area contributed by atoms with Crippen molar-refractivity contribution in [3.8, 4) is 0 Å². The Morgan fingerprint density at radius 1 is 0.500 bits per heavy atom. The van der Waals surface area contributed by atoms with Gasteiger partial charge in [-0.15, -0.1) is 0 Å². The largest absolute Gasteiger partial charge is 0.460 e. The Morgan fingerprint density at radius 2 is 0.820 bits per heavy atom. The number of rotatable bonds is 24. The summed E-state index contributed by atoms with van der Waals surface area (Å²) in [7, 11) is 0. The van der Waals surface area contributed by atoms with Gasteiger partial charge in [0, 0.05) is 30.1 Å². The third-order valence-corrected chi connectivity index (χ3v) is 8.86. The lowest BCUT2D eigenvalue weighted by Gasteiger charge is -2.30. The second-order valence-electron chi connectivity index (χ2n) is 13.6. The highest BCUT2D eigenvalue weighted by atomic mass is 16.6. The summed E-state index contributed by atoms with van der Waals surface area (Å²) >= 11 is 0. The first-order chi connectivity index (χ1) is 23.3. The fourth-order valence-electron chi connectivity index (χ4n) is 4.45. The average molecular weight is 723 g/mol. The molecule has 0 aliphatic heterocycles. The predicted octanol–water partition coefficient (Wildman–Crippen LogP) is 1.84. The van der Waals surface area contributed by atoms with Gasteiger partial charge in [-0.3, -0.25) is 4.79 Å². The van der Waals surface area contributed by atoms with Crippen LogP contribution in [0.5, 0.6) is 0 Å². The summed E-state index contributed by atoms with van der Waals surface area (Å²) in [5.41, 5.74) is 0. The van der Waals surface area contributed by atoms with E-state index < -0.39 is 116 Å². The van der Waals surface area contributed by atoms with Crippen molar-refractivity contribution in [3.05, 3.63) is 0 Å². The first kappa shape index (κ1) is 47.1. The van der Waals surface area contributed by atoms with Gasteiger partial charge in [-0.25, -0.2) is 19.2 Å². The molecular weight excluding hydrogens is 660 g/mol. The van der Waals surface area contributed by atoms with Gasteiger partial charge < -0.3 is 49.2 Å². The molecule has 0 saturated heterocycles. The zero-order valence-electron chi connectivity index (χ0n) is 31.3. The molecule has 0 amide bonds. The number of esters is 5. The van der Waals surface area contributed by atoms with E-state index in [-0.39, 0.29) is 12.3 Å². The van der Waals surface area contributed by atoms with Crippen molar-refractivity contribution in [2.45, 2.75) is 150 Å². The van der Waals surface area contributed by atoms with Gasteiger partial charge in [0.2, 0.25) is 24.4 Å². The summed E-state index contributed by atoms with van der Waals surface area (Å²) < 4.78 is 27.3. The zero-order chi connectivity index (χ0) is 38.9. The molecule has 0 heterocycles. The van der Waals surface area contributed by atoms with Crippen molar-refractivity contribution in [1.29, 1.82) is 0 Å². The molecule has 0 rings (SSSR count). The Labute approximate surface area is 295 Å². The summed E-state index contributed by atoms with van der Waals surface area (Å²) in [5, 5.41) is 48.5. The van der Waals surface area contributed by atoms with Gasteiger partial charge in [0.25, 0.3) is 0 Å². The minimum absolute atomic E-state index is 0.0103. The molecule has 0 aliphatic rings. The Balaban J connectivity index is 6.08. The van der Waals surface area contributed by atoms with E-state index in [0.29, 0.717) is 25.7 Å². The molecule has 5 N–H and O–H groups in total. The van der Waals surface area contributed by atoms with Crippen LogP contribution in [0, 0.1) is 29.6 Å². The van der Waals surface area contributed by atoms with Crippen LogP contribution in [0.15, 0.2) is 0 Å². The van der Waals surface area contributed by atoms with Gasteiger partial charge >= 0.3 is 29.8 Å². The van der Waals surface area contributed by atoms with Crippen molar-refractivity contribution in [2.75, 3.05) is 13.2 Å². The van der Waals surface area contributed by atoms with Crippen LogP contribution in [0.3, 0.4) is 0 Å². The summed E-state index contributed by atoms with van der Waals surface area (Å²) in [6.07, 6.45) is -11.7. The normalized spacial score (nSPS) is 18.9. The maximum atomic E-state index is 13.6. The van der Waals surface area contributed by atoms with E-state index in [1.165, 1.54) is 0 Å². The molecule has 12 atom stereocenters. The number of aliphatic hydroxyl groups is 5. The summed E-state index contributed by atoms with van der Waals surface area (Å²) in [6.45, 7) is 15.5. The van der Waals surface area contributed by atoms with Gasteiger partial charge in [0.1, 0.15) is 31.0 Å². The summed E-state index contributed by atoms with van der Waals surface area (Å²) in [4.78, 5) is 66.0. The highest BCUT2D eigenvalue weighted by Crippen LogP contribution is 2.24. The maximum absolute atomic E-state index is 13.6. The quantitative estimate of drug-likeness (QED) is 0.0707. The van der Waals surface area contributed by atoms with Crippen molar-refractivity contribution < 1.29 is 73.2 Å². The van der Waals surface area contributed by atoms with Crippen LogP contribution in [0.1, 0.15) is 101 Å². The fourth-order valence-corrected chi connectivity index (χ4v) is 4.45. The molecule has 0 aliphatic carbocycles. The molecule has 50 heavy (non-hydrogen) atoms. The van der Waals surface area contributed by atoms with Gasteiger partial charge in [-0.2, -0.15) is 0 Å². The molecule has 292 valence electrons. The molecule has 0 saturated carbocycles. The lowest BCUT2D eigenvalue weighted by Crippen LogP contribution is -2.48. The van der Waals surface area contributed by atoms with E-state index in [2.05, 4.69) is 0 Å². The molecule has 0 fully saturated rings. The third-order valence-electron chi connectivity index (χ3n) is 8.86. The van der Waals surface area contributed by atoms with Crippen LogP contribution in [0.25, 0.3) is 0 Å². The van der Waals surface area contributed by atoms with Gasteiger partial charge in [-0.1, -0.05) is 69.2 Å². The molecule has 0 aromatic heterocycles. The standard InChI is InChI=1S/C35H62O15/c1-11-19(7)28(32(42)46-17-24(38)27(41)26(40)23(37)16-36)48-34(44)30(21(9)13-3)50-35(45)31(22(10)14-4)49-33(43)29(20(8)12-2)47-25(39)15-18(5)6/h18-24,26-31,36-38,40-41H,11-17H2,1-10H3. The first-order valence-electron chi connectivity index (χ1n) is 17.6. The lowest BCUT2D eigenvalue weighted by atomic mass is 9.98. The maximum Gasteiger partial charge on any atom is 0.348 e. The number of carbonyl (C=O) groups is 5. The van der Waals surface area contributed by atoms with E-state index in [1.54, 1.807) is 48.5 Å². The van der Waals surface area contributed by atoms with Crippen LogP contribution in [0.2, 0.25) is 0 Å². The molecule has 12 unspecified atom stereocenters.